The van der Waals surface area contributed by atoms with Crippen LogP contribution >= 0.6 is 0 Å². The van der Waals surface area contributed by atoms with Crippen LogP contribution in [0.5, 0.6) is 0 Å². The molecular formula is C15H21N3O. The molecule has 4 N–H and O–H groups in total. The SMILES string of the molecule is Cc1[nH]c2cccc(C)c2c1C(=O)NCC(C)(C)N. The molecule has 0 aliphatic heterocycles. The van der Waals surface area contributed by atoms with Gasteiger partial charge in [-0.25, -0.2) is 0 Å². The van der Waals surface area contributed by atoms with E-state index in [4.69, 9.17) is 5.73 Å². The number of nitrogens with one attached hydrogen (secondary N) is 2. The number of amides is 1. The Bertz CT molecular complexity index is 620. The second kappa shape index (κ2) is 4.70. The highest BCUT2D eigenvalue weighted by molar-refractivity contribution is 6.09. The fraction of sp³-hybridized carbons (Fsp3) is 0.400. The minimum absolute atomic E-state index is 0.0726. The third-order valence-corrected chi connectivity index (χ3v) is 3.15. The van der Waals surface area contributed by atoms with E-state index in [2.05, 4.69) is 10.3 Å². The van der Waals surface area contributed by atoms with Crippen LogP contribution in [0.1, 0.15) is 35.5 Å². The van der Waals surface area contributed by atoms with Gasteiger partial charge >= 0.3 is 0 Å². The number of fused-ring (bicyclic) bond motifs is 1. The van der Waals surface area contributed by atoms with Crippen molar-refractivity contribution in [2.24, 2.45) is 5.73 Å². The number of nitrogens with two attached hydrogens (primary N) is 1. The number of rotatable bonds is 3. The molecule has 2 rings (SSSR count). The lowest BCUT2D eigenvalue weighted by molar-refractivity contribution is 0.0947. The van der Waals surface area contributed by atoms with Gasteiger partial charge < -0.3 is 16.0 Å². The summed E-state index contributed by atoms with van der Waals surface area (Å²) in [7, 11) is 0. The maximum atomic E-state index is 12.4. The summed E-state index contributed by atoms with van der Waals surface area (Å²) in [6.07, 6.45) is 0. The molecule has 4 heteroatoms. The quantitative estimate of drug-likeness (QED) is 0.791. The van der Waals surface area contributed by atoms with Crippen LogP contribution in [-0.2, 0) is 0 Å². The van der Waals surface area contributed by atoms with Gasteiger partial charge in [0.1, 0.15) is 0 Å². The van der Waals surface area contributed by atoms with E-state index in [1.165, 1.54) is 0 Å². The van der Waals surface area contributed by atoms with Crippen LogP contribution in [0.3, 0.4) is 0 Å². The summed E-state index contributed by atoms with van der Waals surface area (Å²) in [5.74, 6) is -0.0726. The van der Waals surface area contributed by atoms with Gasteiger partial charge in [-0.15, -0.1) is 0 Å². The van der Waals surface area contributed by atoms with Crippen molar-refractivity contribution in [3.63, 3.8) is 0 Å². The summed E-state index contributed by atoms with van der Waals surface area (Å²) in [5, 5.41) is 3.89. The van der Waals surface area contributed by atoms with Crippen molar-refractivity contribution in [2.75, 3.05) is 6.54 Å². The summed E-state index contributed by atoms with van der Waals surface area (Å²) >= 11 is 0. The number of carbonyl (C=O) groups excluding carboxylic acids is 1. The third-order valence-electron chi connectivity index (χ3n) is 3.15. The molecule has 0 unspecified atom stereocenters. The number of benzene rings is 1. The van der Waals surface area contributed by atoms with E-state index in [0.29, 0.717) is 6.54 Å². The minimum atomic E-state index is -0.412. The molecule has 2 aromatic rings. The number of hydrogen-bond acceptors (Lipinski definition) is 2. The van der Waals surface area contributed by atoms with Crippen LogP contribution in [0.2, 0.25) is 0 Å². The Labute approximate surface area is 113 Å². The minimum Gasteiger partial charge on any atom is -0.358 e. The van der Waals surface area contributed by atoms with Crippen molar-refractivity contribution in [3.8, 4) is 0 Å². The molecule has 1 amide bonds. The molecule has 1 aromatic carbocycles. The molecule has 0 saturated carbocycles. The van der Waals surface area contributed by atoms with E-state index in [-0.39, 0.29) is 5.91 Å². The lowest BCUT2D eigenvalue weighted by Gasteiger charge is -2.19. The number of aryl methyl sites for hydroxylation is 2. The molecule has 4 nitrogen and oxygen atoms in total. The Hall–Kier alpha value is -1.81. The van der Waals surface area contributed by atoms with Gasteiger partial charge in [0, 0.05) is 28.7 Å². The molecule has 0 radical (unpaired) electrons. The first-order chi connectivity index (χ1) is 8.79. The van der Waals surface area contributed by atoms with Crippen molar-refractivity contribution in [1.82, 2.24) is 10.3 Å². The molecular weight excluding hydrogens is 238 g/mol. The predicted octanol–water partition coefficient (Wildman–Crippen LogP) is 2.25. The Morgan fingerprint density at radius 2 is 2.05 bits per heavy atom. The van der Waals surface area contributed by atoms with Crippen molar-refractivity contribution in [1.29, 1.82) is 0 Å². The lowest BCUT2D eigenvalue weighted by Crippen LogP contribution is -2.45. The van der Waals surface area contributed by atoms with E-state index in [9.17, 15) is 4.79 Å². The lowest BCUT2D eigenvalue weighted by atomic mass is 10.0. The van der Waals surface area contributed by atoms with Crippen molar-refractivity contribution >= 4 is 16.8 Å². The van der Waals surface area contributed by atoms with Crippen LogP contribution in [0.15, 0.2) is 18.2 Å². The molecule has 1 heterocycles. The Kier molecular flexibility index (Phi) is 3.37. The van der Waals surface area contributed by atoms with Gasteiger partial charge in [0.25, 0.3) is 5.91 Å². The highest BCUT2D eigenvalue weighted by Crippen LogP contribution is 2.25. The zero-order valence-corrected chi connectivity index (χ0v) is 11.9. The number of hydrogen-bond donors (Lipinski definition) is 3. The van der Waals surface area contributed by atoms with Crippen LogP contribution in [0.25, 0.3) is 10.9 Å². The van der Waals surface area contributed by atoms with Crippen LogP contribution in [0, 0.1) is 13.8 Å². The largest absolute Gasteiger partial charge is 0.358 e. The molecule has 0 bridgehead atoms. The average molecular weight is 259 g/mol. The maximum absolute atomic E-state index is 12.4. The predicted molar refractivity (Wildman–Crippen MR) is 78.4 cm³/mol. The Morgan fingerprint density at radius 1 is 1.37 bits per heavy atom. The second-order valence-electron chi connectivity index (χ2n) is 5.79. The molecule has 0 aliphatic rings. The molecule has 0 aliphatic carbocycles. The second-order valence-corrected chi connectivity index (χ2v) is 5.79. The first-order valence-electron chi connectivity index (χ1n) is 6.44. The van der Waals surface area contributed by atoms with Gasteiger partial charge in [0.2, 0.25) is 0 Å². The summed E-state index contributed by atoms with van der Waals surface area (Å²) in [4.78, 5) is 15.6. The van der Waals surface area contributed by atoms with E-state index in [1.54, 1.807) is 0 Å². The van der Waals surface area contributed by atoms with E-state index >= 15 is 0 Å². The van der Waals surface area contributed by atoms with Gasteiger partial charge in [0.15, 0.2) is 0 Å². The van der Waals surface area contributed by atoms with Crippen molar-refractivity contribution in [2.45, 2.75) is 33.2 Å². The summed E-state index contributed by atoms with van der Waals surface area (Å²) in [5.41, 5.74) is 9.18. The van der Waals surface area contributed by atoms with Gasteiger partial charge in [-0.3, -0.25) is 4.79 Å². The molecule has 0 spiro atoms. The molecule has 102 valence electrons. The Balaban J connectivity index is 2.39. The maximum Gasteiger partial charge on any atom is 0.253 e. The van der Waals surface area contributed by atoms with E-state index in [0.717, 1.165) is 27.7 Å². The number of aromatic nitrogens is 1. The first kappa shape index (κ1) is 13.6. The topological polar surface area (TPSA) is 70.9 Å². The number of carbonyl (C=O) groups is 1. The fourth-order valence-corrected chi connectivity index (χ4v) is 2.24. The van der Waals surface area contributed by atoms with Crippen LogP contribution < -0.4 is 11.1 Å². The Morgan fingerprint density at radius 3 is 2.68 bits per heavy atom. The van der Waals surface area contributed by atoms with Gasteiger partial charge in [-0.1, -0.05) is 12.1 Å². The standard InChI is InChI=1S/C15H21N3O/c1-9-6-5-7-11-12(9)13(10(2)18-11)14(19)17-8-15(3,4)16/h5-7,18H,8,16H2,1-4H3,(H,17,19). The summed E-state index contributed by atoms with van der Waals surface area (Å²) < 4.78 is 0. The molecule has 0 atom stereocenters. The van der Waals surface area contributed by atoms with Crippen LogP contribution in [0.4, 0.5) is 0 Å². The monoisotopic (exact) mass is 259 g/mol. The van der Waals surface area contributed by atoms with Crippen molar-refractivity contribution in [3.05, 3.63) is 35.0 Å². The van der Waals surface area contributed by atoms with Crippen LogP contribution in [-0.4, -0.2) is 23.0 Å². The zero-order valence-electron chi connectivity index (χ0n) is 11.9. The molecule has 0 saturated heterocycles. The average Bonchev–Trinajstić information content (AvgIpc) is 2.63. The fourth-order valence-electron chi connectivity index (χ4n) is 2.24. The summed E-state index contributed by atoms with van der Waals surface area (Å²) in [6, 6.07) is 5.98. The van der Waals surface area contributed by atoms with E-state index in [1.807, 2.05) is 45.9 Å². The summed E-state index contributed by atoms with van der Waals surface area (Å²) in [6.45, 7) is 8.16. The highest BCUT2D eigenvalue weighted by Gasteiger charge is 2.19. The molecule has 19 heavy (non-hydrogen) atoms. The number of H-pyrrole nitrogens is 1. The van der Waals surface area contributed by atoms with Gasteiger partial charge in [-0.2, -0.15) is 0 Å². The molecule has 0 fully saturated rings. The highest BCUT2D eigenvalue weighted by atomic mass is 16.1. The van der Waals surface area contributed by atoms with Gasteiger partial charge in [-0.05, 0) is 39.3 Å². The third kappa shape index (κ3) is 2.79. The zero-order chi connectivity index (χ0) is 14.2. The molecule has 1 aromatic heterocycles. The van der Waals surface area contributed by atoms with Gasteiger partial charge in [0.05, 0.1) is 5.56 Å². The smallest absolute Gasteiger partial charge is 0.253 e. The van der Waals surface area contributed by atoms with E-state index < -0.39 is 5.54 Å². The van der Waals surface area contributed by atoms with Crippen molar-refractivity contribution < 1.29 is 4.79 Å². The first-order valence-corrected chi connectivity index (χ1v) is 6.44. The normalized spacial score (nSPS) is 11.8. The number of aromatic amines is 1.